The molecule has 3 heteroatoms. The van der Waals surface area contributed by atoms with Crippen LogP contribution in [0.15, 0.2) is 194 Å². The van der Waals surface area contributed by atoms with Gasteiger partial charge in [0.05, 0.1) is 11.0 Å². The molecule has 0 saturated heterocycles. The van der Waals surface area contributed by atoms with Crippen LogP contribution in [0.2, 0.25) is 0 Å². The zero-order valence-corrected chi connectivity index (χ0v) is 29.6. The molecule has 248 valence electrons. The van der Waals surface area contributed by atoms with Crippen LogP contribution in [-0.4, -0.2) is 4.57 Å². The predicted octanol–water partition coefficient (Wildman–Crippen LogP) is 14.6. The van der Waals surface area contributed by atoms with Gasteiger partial charge in [0.1, 0.15) is 0 Å². The van der Waals surface area contributed by atoms with E-state index < -0.39 is 0 Å². The van der Waals surface area contributed by atoms with Crippen molar-refractivity contribution >= 4 is 91.9 Å². The van der Waals surface area contributed by atoms with Gasteiger partial charge in [0, 0.05) is 53.7 Å². The molecule has 0 N–H and O–H groups in total. The molecule has 53 heavy (non-hydrogen) atoms. The number of fused-ring (bicyclic) bond motifs is 9. The van der Waals surface area contributed by atoms with Crippen molar-refractivity contribution in [1.29, 1.82) is 0 Å². The van der Waals surface area contributed by atoms with Crippen molar-refractivity contribution in [2.45, 2.75) is 0 Å². The minimum absolute atomic E-state index is 1.12. The van der Waals surface area contributed by atoms with Crippen molar-refractivity contribution in [3.63, 3.8) is 0 Å². The number of anilines is 3. The average Bonchev–Trinajstić information content (AvgIpc) is 3.77. The Morgan fingerprint density at radius 3 is 1.83 bits per heavy atom. The Morgan fingerprint density at radius 2 is 0.981 bits per heavy atom. The van der Waals surface area contributed by atoms with Crippen LogP contribution in [0, 0.1) is 0 Å². The van der Waals surface area contributed by atoms with E-state index in [2.05, 4.69) is 204 Å². The molecule has 0 saturated carbocycles. The molecule has 0 aliphatic heterocycles. The second-order valence-electron chi connectivity index (χ2n) is 13.7. The van der Waals surface area contributed by atoms with Gasteiger partial charge in [-0.1, -0.05) is 121 Å². The smallest absolute Gasteiger partial charge is 0.0547 e. The first-order valence-electron chi connectivity index (χ1n) is 18.1. The summed E-state index contributed by atoms with van der Waals surface area (Å²) in [6, 6.07) is 71.0. The average molecular weight is 693 g/mol. The number of rotatable bonds is 5. The van der Waals surface area contributed by atoms with Gasteiger partial charge in [-0.05, 0) is 105 Å². The fourth-order valence-electron chi connectivity index (χ4n) is 8.33. The lowest BCUT2D eigenvalue weighted by Gasteiger charge is -2.26. The quantitative estimate of drug-likeness (QED) is 0.163. The first-order valence-corrected chi connectivity index (χ1v) is 18.9. The molecule has 0 spiro atoms. The summed E-state index contributed by atoms with van der Waals surface area (Å²) in [6.45, 7) is 0. The fourth-order valence-corrected chi connectivity index (χ4v) is 9.42. The number of thiophene rings is 1. The Kier molecular flexibility index (Phi) is 6.76. The highest BCUT2D eigenvalue weighted by molar-refractivity contribution is 7.25. The third-order valence-electron chi connectivity index (χ3n) is 10.8. The molecule has 0 radical (unpaired) electrons. The third kappa shape index (κ3) is 4.78. The Morgan fingerprint density at radius 1 is 0.377 bits per heavy atom. The van der Waals surface area contributed by atoms with Gasteiger partial charge >= 0.3 is 0 Å². The van der Waals surface area contributed by atoms with E-state index >= 15 is 0 Å². The Bertz CT molecular complexity index is 3170. The second kappa shape index (κ2) is 11.9. The third-order valence-corrected chi connectivity index (χ3v) is 11.9. The summed E-state index contributed by atoms with van der Waals surface area (Å²) in [5.41, 5.74) is 9.40. The van der Waals surface area contributed by atoms with Gasteiger partial charge in [0.15, 0.2) is 0 Å². The lowest BCUT2D eigenvalue weighted by molar-refractivity contribution is 1.18. The standard InChI is InChI=1S/C50H32N2S/c1-2-12-36(13-3-1)52-46-18-8-6-16-43(46)50-41(17-10-19-47(50)52)34-23-26-37(27-24-34)51(39-29-30-49-45(32-39)42-15-7-9-20-48(42)53-49)38-28-25-35-22-21-33-11-4-5-14-40(33)44(35)31-38/h1-32H. The van der Waals surface area contributed by atoms with E-state index in [1.807, 2.05) is 11.3 Å². The fraction of sp³-hybridized carbons (Fsp3) is 0. The van der Waals surface area contributed by atoms with Crippen molar-refractivity contribution < 1.29 is 0 Å². The van der Waals surface area contributed by atoms with E-state index in [0.29, 0.717) is 0 Å². The van der Waals surface area contributed by atoms with Crippen LogP contribution in [0.1, 0.15) is 0 Å². The van der Waals surface area contributed by atoms with E-state index in [0.717, 1.165) is 17.1 Å². The lowest BCUT2D eigenvalue weighted by Crippen LogP contribution is -2.09. The minimum atomic E-state index is 1.12. The number of nitrogens with zero attached hydrogens (tertiary/aromatic N) is 2. The monoisotopic (exact) mass is 692 g/mol. The Balaban J connectivity index is 1.10. The van der Waals surface area contributed by atoms with Gasteiger partial charge in [-0.3, -0.25) is 0 Å². The molecule has 2 heterocycles. The molecular weight excluding hydrogens is 661 g/mol. The topological polar surface area (TPSA) is 8.17 Å². The number of hydrogen-bond donors (Lipinski definition) is 0. The molecule has 0 fully saturated rings. The highest BCUT2D eigenvalue weighted by atomic mass is 32.1. The summed E-state index contributed by atoms with van der Waals surface area (Å²) in [6.07, 6.45) is 0. The Hall–Kier alpha value is -6.68. The molecule has 0 amide bonds. The number of para-hydroxylation sites is 2. The van der Waals surface area contributed by atoms with Crippen LogP contribution in [-0.2, 0) is 0 Å². The normalized spacial score (nSPS) is 11.8. The minimum Gasteiger partial charge on any atom is -0.310 e. The van der Waals surface area contributed by atoms with Crippen LogP contribution in [0.25, 0.3) is 80.3 Å². The van der Waals surface area contributed by atoms with Crippen molar-refractivity contribution in [2.24, 2.45) is 0 Å². The summed E-state index contributed by atoms with van der Waals surface area (Å²) in [5, 5.41) is 10.1. The maximum atomic E-state index is 2.42. The number of hydrogen-bond acceptors (Lipinski definition) is 2. The molecule has 2 aromatic heterocycles. The number of benzene rings is 9. The van der Waals surface area contributed by atoms with Crippen LogP contribution < -0.4 is 4.90 Å². The first-order chi connectivity index (χ1) is 26.3. The van der Waals surface area contributed by atoms with Crippen molar-refractivity contribution in [3.8, 4) is 16.8 Å². The molecule has 0 aliphatic carbocycles. The van der Waals surface area contributed by atoms with Crippen LogP contribution in [0.5, 0.6) is 0 Å². The van der Waals surface area contributed by atoms with E-state index in [4.69, 9.17) is 0 Å². The molecular formula is C50H32N2S. The molecule has 11 rings (SSSR count). The molecule has 9 aromatic carbocycles. The zero-order valence-electron chi connectivity index (χ0n) is 28.8. The highest BCUT2D eigenvalue weighted by Gasteiger charge is 2.19. The highest BCUT2D eigenvalue weighted by Crippen LogP contribution is 2.43. The van der Waals surface area contributed by atoms with Gasteiger partial charge < -0.3 is 9.47 Å². The SMILES string of the molecule is c1ccc(-n2c3ccccc3c3c(-c4ccc(N(c5ccc6ccc7ccccc7c6c5)c5ccc6sc7ccccc7c6c5)cc4)cccc32)cc1. The van der Waals surface area contributed by atoms with Gasteiger partial charge in [0.2, 0.25) is 0 Å². The van der Waals surface area contributed by atoms with E-state index in [1.165, 1.54) is 80.3 Å². The summed E-state index contributed by atoms with van der Waals surface area (Å²) in [5.74, 6) is 0. The first kappa shape index (κ1) is 30.0. The van der Waals surface area contributed by atoms with Crippen LogP contribution >= 0.6 is 11.3 Å². The van der Waals surface area contributed by atoms with Crippen LogP contribution in [0.3, 0.4) is 0 Å². The van der Waals surface area contributed by atoms with Gasteiger partial charge in [-0.15, -0.1) is 11.3 Å². The van der Waals surface area contributed by atoms with Crippen molar-refractivity contribution in [1.82, 2.24) is 4.57 Å². The second-order valence-corrected chi connectivity index (χ2v) is 14.8. The van der Waals surface area contributed by atoms with Gasteiger partial charge in [0.25, 0.3) is 0 Å². The van der Waals surface area contributed by atoms with E-state index in [-0.39, 0.29) is 0 Å². The Labute approximate surface area is 311 Å². The predicted molar refractivity (Wildman–Crippen MR) is 229 cm³/mol. The van der Waals surface area contributed by atoms with Gasteiger partial charge in [-0.25, -0.2) is 0 Å². The summed E-state index contributed by atoms with van der Waals surface area (Å²) >= 11 is 1.86. The lowest BCUT2D eigenvalue weighted by atomic mass is 9.98. The maximum absolute atomic E-state index is 2.42. The van der Waals surface area contributed by atoms with Crippen molar-refractivity contribution in [2.75, 3.05) is 4.90 Å². The summed E-state index contributed by atoms with van der Waals surface area (Å²) in [4.78, 5) is 2.42. The molecule has 11 aromatic rings. The van der Waals surface area contributed by atoms with E-state index in [1.54, 1.807) is 0 Å². The largest absolute Gasteiger partial charge is 0.310 e. The molecule has 0 unspecified atom stereocenters. The van der Waals surface area contributed by atoms with Crippen LogP contribution in [0.4, 0.5) is 17.1 Å². The molecule has 0 atom stereocenters. The van der Waals surface area contributed by atoms with E-state index in [9.17, 15) is 0 Å². The van der Waals surface area contributed by atoms with Crippen molar-refractivity contribution in [3.05, 3.63) is 194 Å². The molecule has 0 bridgehead atoms. The molecule has 2 nitrogen and oxygen atoms in total. The van der Waals surface area contributed by atoms with Gasteiger partial charge in [-0.2, -0.15) is 0 Å². The molecule has 0 aliphatic rings. The summed E-state index contributed by atoms with van der Waals surface area (Å²) < 4.78 is 5.01. The summed E-state index contributed by atoms with van der Waals surface area (Å²) in [7, 11) is 0. The maximum Gasteiger partial charge on any atom is 0.0547 e. The number of aromatic nitrogens is 1. The zero-order chi connectivity index (χ0) is 34.9.